The Kier molecular flexibility index (Phi) is 7.67. The fraction of sp³-hybridized carbons (Fsp3) is 0.200. The minimum Gasteiger partial charge on any atom is -0.495 e. The molecule has 10 heteroatoms. The largest absolute Gasteiger partial charge is 0.495 e. The molecule has 0 aliphatic carbocycles. The van der Waals surface area contributed by atoms with Gasteiger partial charge in [0.25, 0.3) is 0 Å². The molecule has 2 aromatic rings. The molecule has 160 valence electrons. The molecule has 0 amide bonds. The van der Waals surface area contributed by atoms with Gasteiger partial charge in [0, 0.05) is 11.6 Å². The SMILES string of the molecule is CNS(=O)(=O)c1cc(/C=C/C(=O)OCC(=O)c2ccc(OC)c(F)c2)ccc1OC. The number of esters is 1. The lowest BCUT2D eigenvalue weighted by atomic mass is 10.1. The Morgan fingerprint density at radius 1 is 1.07 bits per heavy atom. The maximum absolute atomic E-state index is 13.7. The number of ether oxygens (including phenoxy) is 3. The van der Waals surface area contributed by atoms with Crippen LogP contribution in [0.1, 0.15) is 15.9 Å². The van der Waals surface area contributed by atoms with Gasteiger partial charge >= 0.3 is 5.97 Å². The first kappa shape index (κ1) is 23.0. The van der Waals surface area contributed by atoms with Crippen molar-refractivity contribution in [1.82, 2.24) is 4.72 Å². The summed E-state index contributed by atoms with van der Waals surface area (Å²) in [6.45, 7) is -0.586. The van der Waals surface area contributed by atoms with Gasteiger partial charge in [-0.25, -0.2) is 22.3 Å². The van der Waals surface area contributed by atoms with E-state index in [0.29, 0.717) is 5.56 Å². The summed E-state index contributed by atoms with van der Waals surface area (Å²) in [5.41, 5.74) is 0.423. The number of Topliss-reactive ketones (excluding diaryl/α,β-unsaturated/α-hetero) is 1. The number of halogens is 1. The van der Waals surface area contributed by atoms with E-state index >= 15 is 0 Å². The first-order chi connectivity index (χ1) is 14.2. The van der Waals surface area contributed by atoms with Crippen molar-refractivity contribution >= 4 is 27.9 Å². The van der Waals surface area contributed by atoms with Crippen LogP contribution in [-0.4, -0.2) is 48.0 Å². The van der Waals surface area contributed by atoms with Gasteiger partial charge < -0.3 is 14.2 Å². The van der Waals surface area contributed by atoms with Crippen LogP contribution in [0.4, 0.5) is 4.39 Å². The third-order valence-corrected chi connectivity index (χ3v) is 5.41. The van der Waals surface area contributed by atoms with E-state index in [1.54, 1.807) is 6.07 Å². The molecule has 0 saturated carbocycles. The average molecular weight is 437 g/mol. The van der Waals surface area contributed by atoms with Crippen molar-refractivity contribution in [2.24, 2.45) is 0 Å². The summed E-state index contributed by atoms with van der Waals surface area (Å²) >= 11 is 0. The van der Waals surface area contributed by atoms with Gasteiger partial charge in [-0.1, -0.05) is 6.07 Å². The van der Waals surface area contributed by atoms with Gasteiger partial charge in [0.2, 0.25) is 10.0 Å². The molecule has 0 aliphatic heterocycles. The van der Waals surface area contributed by atoms with Crippen molar-refractivity contribution in [3.8, 4) is 11.5 Å². The Labute approximate surface area is 173 Å². The highest BCUT2D eigenvalue weighted by molar-refractivity contribution is 7.89. The Balaban J connectivity index is 2.05. The zero-order chi connectivity index (χ0) is 22.3. The second-order valence-corrected chi connectivity index (χ2v) is 7.69. The lowest BCUT2D eigenvalue weighted by molar-refractivity contribution is -0.136. The fourth-order valence-electron chi connectivity index (χ4n) is 2.39. The Morgan fingerprint density at radius 3 is 2.33 bits per heavy atom. The third kappa shape index (κ3) is 5.65. The van der Waals surface area contributed by atoms with Crippen LogP contribution in [0.15, 0.2) is 47.4 Å². The van der Waals surface area contributed by atoms with Crippen molar-refractivity contribution < 1.29 is 36.6 Å². The lowest BCUT2D eigenvalue weighted by Crippen LogP contribution is -2.19. The number of methoxy groups -OCH3 is 2. The molecule has 2 rings (SSSR count). The molecular formula is C20H20FNO7S. The first-order valence-corrected chi connectivity index (χ1v) is 10.0. The van der Waals surface area contributed by atoms with Crippen LogP contribution in [0, 0.1) is 5.82 Å². The van der Waals surface area contributed by atoms with E-state index in [1.807, 2.05) is 0 Å². The van der Waals surface area contributed by atoms with Crippen LogP contribution >= 0.6 is 0 Å². The van der Waals surface area contributed by atoms with Crippen LogP contribution in [0.5, 0.6) is 11.5 Å². The normalized spacial score (nSPS) is 11.3. The number of carbonyl (C=O) groups excluding carboxylic acids is 2. The summed E-state index contributed by atoms with van der Waals surface area (Å²) in [5.74, 6) is -2.00. The van der Waals surface area contributed by atoms with E-state index in [4.69, 9.17) is 14.2 Å². The molecule has 0 unspecified atom stereocenters. The molecule has 1 N–H and O–H groups in total. The lowest BCUT2D eigenvalue weighted by Gasteiger charge is -2.09. The monoisotopic (exact) mass is 437 g/mol. The number of rotatable bonds is 9. The summed E-state index contributed by atoms with van der Waals surface area (Å²) in [4.78, 5) is 23.8. The molecule has 0 radical (unpaired) electrons. The molecule has 0 heterocycles. The fourth-order valence-corrected chi connectivity index (χ4v) is 3.32. The molecule has 0 spiro atoms. The van der Waals surface area contributed by atoms with Crippen molar-refractivity contribution in [2.75, 3.05) is 27.9 Å². The van der Waals surface area contributed by atoms with E-state index < -0.39 is 34.2 Å². The number of carbonyl (C=O) groups is 2. The summed E-state index contributed by atoms with van der Waals surface area (Å²) in [6.07, 6.45) is 2.37. The van der Waals surface area contributed by atoms with E-state index in [-0.39, 0.29) is 22.0 Å². The smallest absolute Gasteiger partial charge is 0.331 e. The first-order valence-electron chi connectivity index (χ1n) is 8.55. The maximum atomic E-state index is 13.7. The zero-order valence-corrected chi connectivity index (χ0v) is 17.3. The Morgan fingerprint density at radius 2 is 1.73 bits per heavy atom. The van der Waals surface area contributed by atoms with E-state index in [2.05, 4.69) is 4.72 Å². The number of ketones is 1. The molecule has 8 nitrogen and oxygen atoms in total. The van der Waals surface area contributed by atoms with Crippen LogP contribution in [0.2, 0.25) is 0 Å². The van der Waals surface area contributed by atoms with Crippen LogP contribution < -0.4 is 14.2 Å². The third-order valence-electron chi connectivity index (χ3n) is 3.98. The van der Waals surface area contributed by atoms with Crippen LogP contribution in [0.3, 0.4) is 0 Å². The second-order valence-electron chi connectivity index (χ2n) is 5.83. The van der Waals surface area contributed by atoms with Crippen molar-refractivity contribution in [3.63, 3.8) is 0 Å². The van der Waals surface area contributed by atoms with E-state index in [9.17, 15) is 22.4 Å². The predicted molar refractivity (Wildman–Crippen MR) is 107 cm³/mol. The molecule has 0 atom stereocenters. The summed E-state index contributed by atoms with van der Waals surface area (Å²) in [5, 5.41) is 0. The van der Waals surface area contributed by atoms with E-state index in [1.165, 1.54) is 51.6 Å². The van der Waals surface area contributed by atoms with E-state index in [0.717, 1.165) is 12.1 Å². The molecule has 30 heavy (non-hydrogen) atoms. The topological polar surface area (TPSA) is 108 Å². The van der Waals surface area contributed by atoms with Crippen molar-refractivity contribution in [3.05, 3.63) is 59.4 Å². The van der Waals surface area contributed by atoms with Gasteiger partial charge in [-0.3, -0.25) is 4.79 Å². The summed E-state index contributed by atoms with van der Waals surface area (Å²) in [7, 11) is 0.128. The van der Waals surface area contributed by atoms with Crippen molar-refractivity contribution in [1.29, 1.82) is 0 Å². The quantitative estimate of drug-likeness (QED) is 0.364. The number of hydrogen-bond donors (Lipinski definition) is 1. The van der Waals surface area contributed by atoms with Crippen LogP contribution in [0.25, 0.3) is 6.08 Å². The number of nitrogens with one attached hydrogen (secondary N) is 1. The van der Waals surface area contributed by atoms with Crippen molar-refractivity contribution in [2.45, 2.75) is 4.90 Å². The Hall–Kier alpha value is -3.24. The standard InChI is InChI=1S/C20H20FNO7S/c1-22-30(25,26)19-10-13(4-7-18(19)28-3)5-9-20(24)29-12-16(23)14-6-8-17(27-2)15(21)11-14/h4-11,22H,12H2,1-3H3/b9-5+. The molecule has 2 aromatic carbocycles. The van der Waals surface area contributed by atoms with Crippen LogP contribution in [-0.2, 0) is 19.6 Å². The number of sulfonamides is 1. The molecular weight excluding hydrogens is 417 g/mol. The van der Waals surface area contributed by atoms with Gasteiger partial charge in [0.05, 0.1) is 14.2 Å². The van der Waals surface area contributed by atoms with Gasteiger partial charge in [0.1, 0.15) is 10.6 Å². The predicted octanol–water partition coefficient (Wildman–Crippen LogP) is 2.19. The Bertz CT molecular complexity index is 1080. The minimum absolute atomic E-state index is 0.00868. The minimum atomic E-state index is -3.77. The maximum Gasteiger partial charge on any atom is 0.331 e. The van der Waals surface area contributed by atoms with Gasteiger partial charge in [-0.15, -0.1) is 0 Å². The molecule has 0 saturated heterocycles. The van der Waals surface area contributed by atoms with Gasteiger partial charge in [-0.05, 0) is 49.0 Å². The highest BCUT2D eigenvalue weighted by Gasteiger charge is 2.18. The summed E-state index contributed by atoms with van der Waals surface area (Å²) in [6, 6.07) is 7.95. The second kappa shape index (κ2) is 9.99. The highest BCUT2D eigenvalue weighted by Crippen LogP contribution is 2.25. The number of benzene rings is 2. The zero-order valence-electron chi connectivity index (χ0n) is 16.5. The number of hydrogen-bond acceptors (Lipinski definition) is 7. The van der Waals surface area contributed by atoms with Gasteiger partial charge in [-0.2, -0.15) is 0 Å². The molecule has 0 aliphatic rings. The molecule has 0 fully saturated rings. The summed E-state index contributed by atoms with van der Waals surface area (Å²) < 4.78 is 54.7. The van der Waals surface area contributed by atoms with Gasteiger partial charge in [0.15, 0.2) is 24.0 Å². The molecule has 0 aromatic heterocycles. The highest BCUT2D eigenvalue weighted by atomic mass is 32.2. The average Bonchev–Trinajstić information content (AvgIpc) is 2.75. The molecule has 0 bridgehead atoms.